The number of nitrogens with two attached hydrogens (primary N) is 1. The van der Waals surface area contributed by atoms with E-state index in [1.165, 1.54) is 0 Å². The predicted octanol–water partition coefficient (Wildman–Crippen LogP) is -0.832. The van der Waals surface area contributed by atoms with E-state index in [2.05, 4.69) is 0 Å². The number of ether oxygens (including phenoxy) is 4. The van der Waals surface area contributed by atoms with Gasteiger partial charge in [0.25, 0.3) is 0 Å². The van der Waals surface area contributed by atoms with Crippen molar-refractivity contribution in [2.45, 2.75) is 0 Å². The van der Waals surface area contributed by atoms with Crippen molar-refractivity contribution in [3.8, 4) is 0 Å². The van der Waals surface area contributed by atoms with Crippen molar-refractivity contribution in [2.24, 2.45) is 5.73 Å². The molecule has 0 atom stereocenters. The summed E-state index contributed by atoms with van der Waals surface area (Å²) in [6.45, 7) is 2.91. The molecule has 6 heteroatoms. The lowest BCUT2D eigenvalue weighted by atomic mass is 10.6. The summed E-state index contributed by atoms with van der Waals surface area (Å²) in [7, 11) is 1.62. The van der Waals surface area contributed by atoms with E-state index in [1.807, 2.05) is 0 Å². The van der Waals surface area contributed by atoms with Crippen molar-refractivity contribution in [3.63, 3.8) is 0 Å². The van der Waals surface area contributed by atoms with Crippen LogP contribution in [0.4, 0.5) is 0 Å². The Morgan fingerprint density at radius 3 is 1.87 bits per heavy atom. The highest BCUT2D eigenvalue weighted by Gasteiger charge is 1.94. The highest BCUT2D eigenvalue weighted by molar-refractivity contribution is 5.74. The summed E-state index contributed by atoms with van der Waals surface area (Å²) in [5, 5.41) is 0. The normalized spacial score (nSPS) is 10.5. The Balaban J connectivity index is 2.89. The maximum absolute atomic E-state index is 10.3. The van der Waals surface area contributed by atoms with Crippen molar-refractivity contribution in [2.75, 3.05) is 53.4 Å². The SMILES string of the molecule is COCCOCCOCCOCC(N)=O. The Bertz CT molecular complexity index is 153. The third kappa shape index (κ3) is 13.3. The molecule has 0 radical (unpaired) electrons. The maximum atomic E-state index is 10.3. The molecule has 0 aromatic rings. The molecule has 6 nitrogen and oxygen atoms in total. The minimum atomic E-state index is -0.474. The van der Waals surface area contributed by atoms with E-state index in [4.69, 9.17) is 24.7 Å². The van der Waals surface area contributed by atoms with Crippen LogP contribution in [-0.4, -0.2) is 59.3 Å². The van der Waals surface area contributed by atoms with Crippen molar-refractivity contribution in [3.05, 3.63) is 0 Å². The fourth-order valence-electron chi connectivity index (χ4n) is 0.755. The van der Waals surface area contributed by atoms with Crippen LogP contribution in [0.2, 0.25) is 0 Å². The molecule has 0 fully saturated rings. The molecular weight excluding hydrogens is 202 g/mol. The zero-order valence-corrected chi connectivity index (χ0v) is 9.07. The largest absolute Gasteiger partial charge is 0.382 e. The number of primary amides is 1. The number of carbonyl (C=O) groups excluding carboxylic acids is 1. The Morgan fingerprint density at radius 2 is 1.40 bits per heavy atom. The second-order valence-electron chi connectivity index (χ2n) is 2.74. The average Bonchev–Trinajstić information content (AvgIpc) is 2.20. The molecule has 0 saturated carbocycles. The third-order valence-corrected chi connectivity index (χ3v) is 1.42. The molecule has 0 aromatic heterocycles. The van der Waals surface area contributed by atoms with Crippen molar-refractivity contribution >= 4 is 5.91 Å². The van der Waals surface area contributed by atoms with Crippen molar-refractivity contribution in [1.29, 1.82) is 0 Å². The fraction of sp³-hybridized carbons (Fsp3) is 0.889. The minimum Gasteiger partial charge on any atom is -0.382 e. The molecule has 0 aromatic carbocycles. The molecule has 1 amide bonds. The van der Waals surface area contributed by atoms with E-state index >= 15 is 0 Å². The van der Waals surface area contributed by atoms with Gasteiger partial charge in [-0.2, -0.15) is 0 Å². The molecule has 0 unspecified atom stereocenters. The number of hydrogen-bond donors (Lipinski definition) is 1. The van der Waals surface area contributed by atoms with Crippen LogP contribution in [0.1, 0.15) is 0 Å². The first kappa shape index (κ1) is 14.3. The van der Waals surface area contributed by atoms with E-state index in [0.29, 0.717) is 39.6 Å². The van der Waals surface area contributed by atoms with E-state index in [1.54, 1.807) is 7.11 Å². The van der Waals surface area contributed by atoms with E-state index in [-0.39, 0.29) is 6.61 Å². The van der Waals surface area contributed by atoms with Gasteiger partial charge in [-0.25, -0.2) is 0 Å². The highest BCUT2D eigenvalue weighted by atomic mass is 16.6. The van der Waals surface area contributed by atoms with Gasteiger partial charge in [-0.15, -0.1) is 0 Å². The number of methoxy groups -OCH3 is 1. The van der Waals surface area contributed by atoms with Gasteiger partial charge in [0.15, 0.2) is 0 Å². The van der Waals surface area contributed by atoms with Crippen LogP contribution in [-0.2, 0) is 23.7 Å². The average molecular weight is 221 g/mol. The van der Waals surface area contributed by atoms with Gasteiger partial charge in [-0.1, -0.05) is 0 Å². The van der Waals surface area contributed by atoms with E-state index in [0.717, 1.165) is 0 Å². The smallest absolute Gasteiger partial charge is 0.243 e. The summed E-state index contributed by atoms with van der Waals surface area (Å²) in [5.74, 6) is -0.474. The number of rotatable bonds is 11. The van der Waals surface area contributed by atoms with Crippen molar-refractivity contribution in [1.82, 2.24) is 0 Å². The monoisotopic (exact) mass is 221 g/mol. The van der Waals surface area contributed by atoms with E-state index in [9.17, 15) is 4.79 Å². The second kappa shape index (κ2) is 11.4. The lowest BCUT2D eigenvalue weighted by molar-refractivity contribution is -0.123. The molecule has 15 heavy (non-hydrogen) atoms. The van der Waals surface area contributed by atoms with Gasteiger partial charge in [0.05, 0.1) is 39.6 Å². The van der Waals surface area contributed by atoms with Gasteiger partial charge in [-0.3, -0.25) is 4.79 Å². The molecular formula is C9H19NO5. The number of hydrogen-bond acceptors (Lipinski definition) is 5. The number of amides is 1. The topological polar surface area (TPSA) is 80.0 Å². The highest BCUT2D eigenvalue weighted by Crippen LogP contribution is 1.81. The van der Waals surface area contributed by atoms with Gasteiger partial charge >= 0.3 is 0 Å². The second-order valence-corrected chi connectivity index (χ2v) is 2.74. The summed E-state index contributed by atoms with van der Waals surface area (Å²) >= 11 is 0. The molecule has 0 aliphatic heterocycles. The molecule has 0 rings (SSSR count). The zero-order chi connectivity index (χ0) is 11.4. The standard InChI is InChI=1S/C9H19NO5/c1-12-2-3-13-4-5-14-6-7-15-8-9(10)11/h2-8H2,1H3,(H2,10,11). The maximum Gasteiger partial charge on any atom is 0.243 e. The Labute approximate surface area is 89.6 Å². The van der Waals surface area contributed by atoms with Crippen molar-refractivity contribution < 1.29 is 23.7 Å². The number of carbonyl (C=O) groups is 1. The Morgan fingerprint density at radius 1 is 0.933 bits per heavy atom. The van der Waals surface area contributed by atoms with E-state index < -0.39 is 5.91 Å². The van der Waals surface area contributed by atoms with Crippen LogP contribution in [0.3, 0.4) is 0 Å². The first-order valence-corrected chi connectivity index (χ1v) is 4.78. The van der Waals surface area contributed by atoms with Crippen LogP contribution in [0.15, 0.2) is 0 Å². The minimum absolute atomic E-state index is 0.0618. The lowest BCUT2D eigenvalue weighted by Crippen LogP contribution is -2.20. The van der Waals surface area contributed by atoms with Gasteiger partial charge in [0.1, 0.15) is 6.61 Å². The first-order chi connectivity index (χ1) is 7.27. The first-order valence-electron chi connectivity index (χ1n) is 4.78. The molecule has 0 heterocycles. The Kier molecular flexibility index (Phi) is 10.9. The zero-order valence-electron chi connectivity index (χ0n) is 9.07. The summed E-state index contributed by atoms with van der Waals surface area (Å²) in [4.78, 5) is 10.3. The molecule has 2 N–H and O–H groups in total. The third-order valence-electron chi connectivity index (χ3n) is 1.42. The predicted molar refractivity (Wildman–Crippen MR) is 53.5 cm³/mol. The van der Waals surface area contributed by atoms with Crippen LogP contribution < -0.4 is 5.73 Å². The van der Waals surface area contributed by atoms with Crippen LogP contribution in [0, 0.1) is 0 Å². The molecule has 0 saturated heterocycles. The van der Waals surface area contributed by atoms with Crippen LogP contribution in [0.25, 0.3) is 0 Å². The lowest BCUT2D eigenvalue weighted by Gasteiger charge is -2.05. The summed E-state index contributed by atoms with van der Waals surface area (Å²) < 4.78 is 20.0. The van der Waals surface area contributed by atoms with Gasteiger partial charge in [0, 0.05) is 7.11 Å². The Hall–Kier alpha value is -0.690. The molecule has 0 aliphatic carbocycles. The van der Waals surface area contributed by atoms with Gasteiger partial charge in [-0.05, 0) is 0 Å². The van der Waals surface area contributed by atoms with Crippen LogP contribution in [0.5, 0.6) is 0 Å². The summed E-state index contributed by atoms with van der Waals surface area (Å²) in [5.41, 5.74) is 4.86. The van der Waals surface area contributed by atoms with Gasteiger partial charge < -0.3 is 24.7 Å². The molecule has 90 valence electrons. The molecule has 0 bridgehead atoms. The molecule has 0 aliphatic rings. The van der Waals surface area contributed by atoms with Crippen LogP contribution >= 0.6 is 0 Å². The van der Waals surface area contributed by atoms with Gasteiger partial charge in [0.2, 0.25) is 5.91 Å². The quantitative estimate of drug-likeness (QED) is 0.460. The fourth-order valence-corrected chi connectivity index (χ4v) is 0.755. The molecule has 0 spiro atoms. The summed E-state index contributed by atoms with van der Waals surface area (Å²) in [6.07, 6.45) is 0. The summed E-state index contributed by atoms with van der Waals surface area (Å²) in [6, 6.07) is 0.